The lowest BCUT2D eigenvalue weighted by molar-refractivity contribution is -0.151. The average Bonchev–Trinajstić information content (AvgIpc) is 2.80. The zero-order valence-corrected chi connectivity index (χ0v) is 20.8. The van der Waals surface area contributed by atoms with Crippen molar-refractivity contribution in [3.63, 3.8) is 0 Å². The molecular formula is C26H33NO5S. The summed E-state index contributed by atoms with van der Waals surface area (Å²) in [7, 11) is 1.30. The summed E-state index contributed by atoms with van der Waals surface area (Å²) >= 11 is 1.70. The van der Waals surface area contributed by atoms with Crippen molar-refractivity contribution in [1.82, 2.24) is 5.32 Å². The van der Waals surface area contributed by atoms with E-state index >= 15 is 0 Å². The zero-order valence-electron chi connectivity index (χ0n) is 20.0. The quantitative estimate of drug-likeness (QED) is 0.346. The SMILES string of the molecule is CCSCCOC(=O)C1=C(C)NC2=C(C(=O)[C@H](C(=O)OC)[C@@H](C)C2)[C@H]1c1ccc(CC)cc1. The molecule has 0 aromatic heterocycles. The molecule has 0 amide bonds. The van der Waals surface area contributed by atoms with Crippen molar-refractivity contribution in [3.05, 3.63) is 57.9 Å². The molecule has 1 aliphatic carbocycles. The first-order valence-corrected chi connectivity index (χ1v) is 12.7. The number of dihydropyridines is 1. The van der Waals surface area contributed by atoms with E-state index in [2.05, 4.69) is 19.2 Å². The Morgan fingerprint density at radius 1 is 1.18 bits per heavy atom. The monoisotopic (exact) mass is 471 g/mol. The van der Waals surface area contributed by atoms with Crippen LogP contribution >= 0.6 is 11.8 Å². The third-order valence-electron chi connectivity index (χ3n) is 6.35. The Kier molecular flexibility index (Phi) is 8.40. The second kappa shape index (κ2) is 11.1. The number of allylic oxidation sites excluding steroid dienone is 3. The maximum atomic E-state index is 13.7. The van der Waals surface area contributed by atoms with E-state index in [-0.39, 0.29) is 11.7 Å². The molecule has 6 nitrogen and oxygen atoms in total. The Morgan fingerprint density at radius 3 is 2.48 bits per heavy atom. The lowest BCUT2D eigenvalue weighted by Crippen LogP contribution is -2.43. The summed E-state index contributed by atoms with van der Waals surface area (Å²) in [6, 6.07) is 7.96. The number of hydrogen-bond donors (Lipinski definition) is 1. The van der Waals surface area contributed by atoms with Crippen LogP contribution in [0, 0.1) is 11.8 Å². The predicted molar refractivity (Wildman–Crippen MR) is 130 cm³/mol. The molecule has 33 heavy (non-hydrogen) atoms. The van der Waals surface area contributed by atoms with Crippen LogP contribution in [0.5, 0.6) is 0 Å². The topological polar surface area (TPSA) is 81.7 Å². The molecule has 1 aromatic carbocycles. The first-order chi connectivity index (χ1) is 15.8. The highest BCUT2D eigenvalue weighted by Gasteiger charge is 2.47. The number of carbonyl (C=O) groups excluding carboxylic acids is 3. The molecule has 0 bridgehead atoms. The van der Waals surface area contributed by atoms with E-state index in [0.29, 0.717) is 35.6 Å². The van der Waals surface area contributed by atoms with Crippen LogP contribution in [0.15, 0.2) is 46.8 Å². The van der Waals surface area contributed by atoms with Crippen LogP contribution in [0.3, 0.4) is 0 Å². The van der Waals surface area contributed by atoms with Crippen molar-refractivity contribution >= 4 is 29.5 Å². The molecule has 1 N–H and O–H groups in total. The van der Waals surface area contributed by atoms with Crippen LogP contribution in [-0.2, 0) is 30.3 Å². The van der Waals surface area contributed by atoms with Gasteiger partial charge < -0.3 is 14.8 Å². The van der Waals surface area contributed by atoms with E-state index in [1.807, 2.05) is 38.1 Å². The van der Waals surface area contributed by atoms with Crippen LogP contribution < -0.4 is 5.32 Å². The van der Waals surface area contributed by atoms with Gasteiger partial charge in [0, 0.05) is 28.6 Å². The summed E-state index contributed by atoms with van der Waals surface area (Å²) in [5, 5.41) is 3.29. The first kappa shape index (κ1) is 25.1. The largest absolute Gasteiger partial charge is 0.468 e. The van der Waals surface area contributed by atoms with Gasteiger partial charge in [0.25, 0.3) is 0 Å². The van der Waals surface area contributed by atoms with E-state index in [1.165, 1.54) is 12.7 Å². The summed E-state index contributed by atoms with van der Waals surface area (Å²) < 4.78 is 10.5. The van der Waals surface area contributed by atoms with Crippen LogP contribution in [0.2, 0.25) is 0 Å². The number of benzene rings is 1. The minimum Gasteiger partial charge on any atom is -0.468 e. The molecule has 3 atom stereocenters. The zero-order chi connectivity index (χ0) is 24.1. The molecule has 1 aliphatic heterocycles. The van der Waals surface area contributed by atoms with Crippen LogP contribution in [-0.4, -0.2) is 42.9 Å². The van der Waals surface area contributed by atoms with Gasteiger partial charge in [0.2, 0.25) is 0 Å². The predicted octanol–water partition coefficient (Wildman–Crippen LogP) is 4.16. The van der Waals surface area contributed by atoms with Gasteiger partial charge in [-0.3, -0.25) is 9.59 Å². The minimum atomic E-state index is -0.885. The van der Waals surface area contributed by atoms with E-state index in [9.17, 15) is 14.4 Å². The van der Waals surface area contributed by atoms with Crippen molar-refractivity contribution in [2.45, 2.75) is 46.5 Å². The number of ether oxygens (including phenoxy) is 2. The number of carbonyl (C=O) groups is 3. The number of Topliss-reactive ketones (excluding diaryl/α,β-unsaturated/α-hetero) is 1. The van der Waals surface area contributed by atoms with Gasteiger partial charge in [0.1, 0.15) is 12.5 Å². The van der Waals surface area contributed by atoms with Crippen molar-refractivity contribution in [2.24, 2.45) is 11.8 Å². The van der Waals surface area contributed by atoms with Crippen molar-refractivity contribution in [1.29, 1.82) is 0 Å². The molecule has 178 valence electrons. The summed E-state index contributed by atoms with van der Waals surface area (Å²) in [5.41, 5.74) is 4.34. The van der Waals surface area contributed by atoms with Gasteiger partial charge >= 0.3 is 11.9 Å². The van der Waals surface area contributed by atoms with E-state index in [1.54, 1.807) is 11.8 Å². The minimum absolute atomic E-state index is 0.202. The van der Waals surface area contributed by atoms with Crippen molar-refractivity contribution in [3.8, 4) is 0 Å². The molecule has 0 saturated heterocycles. The van der Waals surface area contributed by atoms with Gasteiger partial charge in [-0.05, 0) is 42.6 Å². The second-order valence-electron chi connectivity index (χ2n) is 8.46. The molecule has 0 radical (unpaired) electrons. The van der Waals surface area contributed by atoms with Gasteiger partial charge in [-0.1, -0.05) is 45.0 Å². The third-order valence-corrected chi connectivity index (χ3v) is 7.21. The standard InChI is InChI=1S/C26H33NO5S/c1-6-17-8-10-18(11-9-17)22-21(26(30)32-12-13-33-7-2)16(4)27-19-14-15(3)20(25(29)31-5)24(28)23(19)22/h8-11,15,20,22,27H,6-7,12-14H2,1-5H3/t15-,20+,22-/m0/s1. The number of rotatable bonds is 8. The molecule has 1 aromatic rings. The molecule has 0 unspecified atom stereocenters. The Bertz CT molecular complexity index is 979. The van der Waals surface area contributed by atoms with E-state index < -0.39 is 23.8 Å². The van der Waals surface area contributed by atoms with Crippen LogP contribution in [0.4, 0.5) is 0 Å². The number of hydrogen-bond acceptors (Lipinski definition) is 7. The van der Waals surface area contributed by atoms with Crippen molar-refractivity contribution < 1.29 is 23.9 Å². The number of nitrogens with one attached hydrogen (secondary N) is 1. The molecule has 2 aliphatic rings. The Hall–Kier alpha value is -2.54. The number of thioether (sulfide) groups is 1. The molecule has 3 rings (SSSR count). The highest BCUT2D eigenvalue weighted by molar-refractivity contribution is 7.99. The summed E-state index contributed by atoms with van der Waals surface area (Å²) in [6.45, 7) is 8.16. The number of methoxy groups -OCH3 is 1. The summed E-state index contributed by atoms with van der Waals surface area (Å²) in [4.78, 5) is 39.4. The maximum Gasteiger partial charge on any atom is 0.336 e. The molecular weight excluding hydrogens is 438 g/mol. The number of esters is 2. The highest BCUT2D eigenvalue weighted by atomic mass is 32.2. The maximum absolute atomic E-state index is 13.7. The van der Waals surface area contributed by atoms with Gasteiger partial charge in [-0.25, -0.2) is 4.79 Å². The molecule has 7 heteroatoms. The second-order valence-corrected chi connectivity index (χ2v) is 9.86. The number of ketones is 1. The van der Waals surface area contributed by atoms with Gasteiger partial charge in [0.15, 0.2) is 5.78 Å². The van der Waals surface area contributed by atoms with Crippen LogP contribution in [0.25, 0.3) is 0 Å². The molecule has 0 fully saturated rings. The fraction of sp³-hybridized carbons (Fsp3) is 0.500. The summed E-state index contributed by atoms with van der Waals surface area (Å²) in [6.07, 6.45) is 1.41. The molecule has 0 spiro atoms. The highest BCUT2D eigenvalue weighted by Crippen LogP contribution is 2.45. The molecule has 1 heterocycles. The third kappa shape index (κ3) is 5.18. The fourth-order valence-electron chi connectivity index (χ4n) is 4.65. The van der Waals surface area contributed by atoms with E-state index in [0.717, 1.165) is 23.4 Å². The molecule has 0 saturated carbocycles. The Balaban J connectivity index is 2.06. The Labute approximate surface area is 200 Å². The van der Waals surface area contributed by atoms with Crippen LogP contribution in [0.1, 0.15) is 51.2 Å². The van der Waals surface area contributed by atoms with Gasteiger partial charge in [-0.2, -0.15) is 11.8 Å². The first-order valence-electron chi connectivity index (χ1n) is 11.5. The van der Waals surface area contributed by atoms with Crippen molar-refractivity contribution in [2.75, 3.05) is 25.2 Å². The number of aryl methyl sites for hydroxylation is 1. The normalized spacial score (nSPS) is 22.6. The lowest BCUT2D eigenvalue weighted by Gasteiger charge is -2.38. The van der Waals surface area contributed by atoms with Gasteiger partial charge in [0.05, 0.1) is 12.7 Å². The fourth-order valence-corrected chi connectivity index (χ4v) is 5.14. The smallest absolute Gasteiger partial charge is 0.336 e. The summed E-state index contributed by atoms with van der Waals surface area (Å²) in [5.74, 6) is -1.27. The van der Waals surface area contributed by atoms with E-state index in [4.69, 9.17) is 9.47 Å². The Morgan fingerprint density at radius 2 is 1.88 bits per heavy atom. The van der Waals surface area contributed by atoms with Gasteiger partial charge in [-0.15, -0.1) is 0 Å². The average molecular weight is 472 g/mol. The lowest BCUT2D eigenvalue weighted by atomic mass is 9.69.